The fourth-order valence-electron chi connectivity index (χ4n) is 1.64. The van der Waals surface area contributed by atoms with Crippen LogP contribution in [0.3, 0.4) is 0 Å². The van der Waals surface area contributed by atoms with E-state index in [0.29, 0.717) is 0 Å². The van der Waals surface area contributed by atoms with Gasteiger partial charge in [-0.25, -0.2) is 4.98 Å². The first-order chi connectivity index (χ1) is 7.20. The summed E-state index contributed by atoms with van der Waals surface area (Å²) in [6.45, 7) is 4.11. The molecule has 0 bridgehead atoms. The van der Waals surface area contributed by atoms with Crippen LogP contribution in [0, 0.1) is 6.92 Å². The van der Waals surface area contributed by atoms with Crippen molar-refractivity contribution in [3.63, 3.8) is 0 Å². The minimum atomic E-state index is 0.785. The average Bonchev–Trinajstić information content (AvgIpc) is 2.64. The lowest BCUT2D eigenvalue weighted by Gasteiger charge is -2.08. The van der Waals surface area contributed by atoms with Crippen molar-refractivity contribution in [2.75, 3.05) is 0 Å². The molecule has 1 aromatic heterocycles. The Kier molecular flexibility index (Phi) is 2.78. The van der Waals surface area contributed by atoms with Gasteiger partial charge in [0.15, 0.2) is 0 Å². The van der Waals surface area contributed by atoms with E-state index in [1.165, 1.54) is 5.56 Å². The van der Waals surface area contributed by atoms with Crippen molar-refractivity contribution in [1.29, 1.82) is 0 Å². The van der Waals surface area contributed by atoms with Gasteiger partial charge in [-0.1, -0.05) is 18.5 Å². The highest BCUT2D eigenvalue weighted by Gasteiger charge is 2.04. The Hall–Kier alpha value is -1.28. The highest BCUT2D eigenvalue weighted by atomic mass is 35.5. The Balaban J connectivity index is 2.52. The number of benzene rings is 1. The molecule has 0 N–H and O–H groups in total. The fraction of sp³-hybridized carbons (Fsp3) is 0.250. The maximum Gasteiger partial charge on any atom is 0.0995 e. The van der Waals surface area contributed by atoms with Gasteiger partial charge in [0, 0.05) is 16.9 Å². The van der Waals surface area contributed by atoms with E-state index < -0.39 is 0 Å². The minimum Gasteiger partial charge on any atom is -0.306 e. The van der Waals surface area contributed by atoms with Crippen LogP contribution in [-0.4, -0.2) is 9.55 Å². The fourth-order valence-corrected chi connectivity index (χ4v) is 1.84. The highest BCUT2D eigenvalue weighted by Crippen LogP contribution is 2.20. The van der Waals surface area contributed by atoms with Gasteiger partial charge < -0.3 is 4.57 Å². The zero-order valence-electron chi connectivity index (χ0n) is 8.87. The van der Waals surface area contributed by atoms with E-state index in [1.807, 2.05) is 42.2 Å². The van der Waals surface area contributed by atoms with Gasteiger partial charge in [-0.15, -0.1) is 0 Å². The van der Waals surface area contributed by atoms with E-state index >= 15 is 0 Å². The molecule has 0 aliphatic rings. The first kappa shape index (κ1) is 10.2. The van der Waals surface area contributed by atoms with E-state index in [1.54, 1.807) is 0 Å². The van der Waals surface area contributed by atoms with Crippen LogP contribution in [0.4, 0.5) is 0 Å². The average molecular weight is 221 g/mol. The lowest BCUT2D eigenvalue weighted by Crippen LogP contribution is -1.96. The first-order valence-corrected chi connectivity index (χ1v) is 5.38. The van der Waals surface area contributed by atoms with Crippen molar-refractivity contribution >= 4 is 11.6 Å². The van der Waals surface area contributed by atoms with Crippen LogP contribution < -0.4 is 0 Å². The van der Waals surface area contributed by atoms with Gasteiger partial charge in [0.1, 0.15) is 0 Å². The summed E-state index contributed by atoms with van der Waals surface area (Å²) >= 11 is 5.96. The maximum atomic E-state index is 5.96. The zero-order chi connectivity index (χ0) is 10.8. The van der Waals surface area contributed by atoms with Crippen LogP contribution in [0.1, 0.15) is 18.2 Å². The third-order valence-electron chi connectivity index (χ3n) is 2.41. The molecule has 2 nitrogen and oxygen atoms in total. The molecule has 3 heteroatoms. The van der Waals surface area contributed by atoms with E-state index in [-0.39, 0.29) is 0 Å². The highest BCUT2D eigenvalue weighted by molar-refractivity contribution is 6.30. The summed E-state index contributed by atoms with van der Waals surface area (Å²) in [6, 6.07) is 5.94. The lowest BCUT2D eigenvalue weighted by molar-refractivity contribution is 1.00. The quantitative estimate of drug-likeness (QED) is 0.759. The van der Waals surface area contributed by atoms with Gasteiger partial charge in [-0.3, -0.25) is 0 Å². The minimum absolute atomic E-state index is 0.785. The number of hydrogen-bond donors (Lipinski definition) is 0. The molecule has 2 rings (SSSR count). The number of aromatic nitrogens is 2. The third kappa shape index (κ3) is 2.05. The van der Waals surface area contributed by atoms with Gasteiger partial charge in [-0.05, 0) is 37.1 Å². The van der Waals surface area contributed by atoms with Gasteiger partial charge >= 0.3 is 0 Å². The maximum absolute atomic E-state index is 5.96. The van der Waals surface area contributed by atoms with Crippen LogP contribution in [0.2, 0.25) is 5.02 Å². The van der Waals surface area contributed by atoms with E-state index in [4.69, 9.17) is 11.6 Å². The molecule has 0 saturated heterocycles. The van der Waals surface area contributed by atoms with Crippen LogP contribution in [0.5, 0.6) is 0 Å². The molecule has 0 aliphatic carbocycles. The summed E-state index contributed by atoms with van der Waals surface area (Å²) in [5.74, 6) is 0. The summed E-state index contributed by atoms with van der Waals surface area (Å²) in [5, 5.41) is 0.785. The Bertz CT molecular complexity index is 474. The molecule has 0 fully saturated rings. The number of aryl methyl sites for hydroxylation is 2. The second-order valence-electron chi connectivity index (χ2n) is 3.55. The monoisotopic (exact) mass is 220 g/mol. The molecule has 0 aliphatic heterocycles. The summed E-state index contributed by atoms with van der Waals surface area (Å²) in [4.78, 5) is 4.22. The molecule has 78 valence electrons. The molecule has 0 amide bonds. The molecule has 1 aromatic carbocycles. The molecule has 0 spiro atoms. The van der Waals surface area contributed by atoms with Crippen molar-refractivity contribution < 1.29 is 0 Å². The lowest BCUT2D eigenvalue weighted by atomic mass is 10.1. The standard InChI is InChI=1S/C12H13ClN2/c1-3-10-6-11(13)4-5-12(10)15-7-9(2)14-8-15/h4-8H,3H2,1-2H3. The van der Waals surface area contributed by atoms with E-state index in [9.17, 15) is 0 Å². The van der Waals surface area contributed by atoms with Crippen LogP contribution >= 0.6 is 11.6 Å². The van der Waals surface area contributed by atoms with Crippen LogP contribution in [0.15, 0.2) is 30.7 Å². The number of halogens is 1. The topological polar surface area (TPSA) is 17.8 Å². The molecule has 0 radical (unpaired) electrons. The first-order valence-electron chi connectivity index (χ1n) is 5.00. The van der Waals surface area contributed by atoms with E-state index in [2.05, 4.69) is 11.9 Å². The largest absolute Gasteiger partial charge is 0.306 e. The predicted octanol–water partition coefficient (Wildman–Crippen LogP) is 3.40. The second-order valence-corrected chi connectivity index (χ2v) is 3.99. The smallest absolute Gasteiger partial charge is 0.0995 e. The van der Waals surface area contributed by atoms with Crippen molar-refractivity contribution in [2.24, 2.45) is 0 Å². The molecule has 1 heterocycles. The van der Waals surface area contributed by atoms with E-state index in [0.717, 1.165) is 22.8 Å². The molecular weight excluding hydrogens is 208 g/mol. The molecule has 2 aromatic rings. The predicted molar refractivity (Wildman–Crippen MR) is 62.7 cm³/mol. The number of rotatable bonds is 2. The number of hydrogen-bond acceptors (Lipinski definition) is 1. The molecule has 0 saturated carbocycles. The number of imidazole rings is 1. The molecule has 0 atom stereocenters. The SMILES string of the molecule is CCc1cc(Cl)ccc1-n1cnc(C)c1. The van der Waals surface area contributed by atoms with Gasteiger partial charge in [-0.2, -0.15) is 0 Å². The molecule has 15 heavy (non-hydrogen) atoms. The zero-order valence-corrected chi connectivity index (χ0v) is 9.62. The van der Waals surface area contributed by atoms with Gasteiger partial charge in [0.2, 0.25) is 0 Å². The Morgan fingerprint density at radius 1 is 1.40 bits per heavy atom. The van der Waals surface area contributed by atoms with Gasteiger partial charge in [0.05, 0.1) is 12.0 Å². The molecule has 0 unspecified atom stereocenters. The molecular formula is C12H13ClN2. The van der Waals surface area contributed by atoms with Crippen LogP contribution in [0.25, 0.3) is 5.69 Å². The van der Waals surface area contributed by atoms with Crippen molar-refractivity contribution in [3.05, 3.63) is 47.0 Å². The van der Waals surface area contributed by atoms with Crippen LogP contribution in [-0.2, 0) is 6.42 Å². The summed E-state index contributed by atoms with van der Waals surface area (Å²) in [6.07, 6.45) is 4.81. The Labute approximate surface area is 94.5 Å². The Morgan fingerprint density at radius 3 is 2.80 bits per heavy atom. The van der Waals surface area contributed by atoms with Crippen molar-refractivity contribution in [2.45, 2.75) is 20.3 Å². The van der Waals surface area contributed by atoms with Gasteiger partial charge in [0.25, 0.3) is 0 Å². The second kappa shape index (κ2) is 4.07. The third-order valence-corrected chi connectivity index (χ3v) is 2.65. The summed E-state index contributed by atoms with van der Waals surface area (Å²) in [7, 11) is 0. The summed E-state index contributed by atoms with van der Waals surface area (Å²) in [5.41, 5.74) is 3.41. The summed E-state index contributed by atoms with van der Waals surface area (Å²) < 4.78 is 2.03. The van der Waals surface area contributed by atoms with Crippen molar-refractivity contribution in [3.8, 4) is 5.69 Å². The Morgan fingerprint density at radius 2 is 2.20 bits per heavy atom. The number of nitrogens with zero attached hydrogens (tertiary/aromatic N) is 2. The van der Waals surface area contributed by atoms with Crippen molar-refractivity contribution in [1.82, 2.24) is 9.55 Å². The normalized spacial score (nSPS) is 10.6.